The largest absolute Gasteiger partial charge is 0.409 e. The van der Waals surface area contributed by atoms with E-state index in [1.54, 1.807) is 0 Å². The van der Waals surface area contributed by atoms with Crippen LogP contribution in [0.4, 0.5) is 0 Å². The summed E-state index contributed by atoms with van der Waals surface area (Å²) in [6.45, 7) is 5.57. The maximum Gasteiger partial charge on any atom is 0.143 e. The summed E-state index contributed by atoms with van der Waals surface area (Å²) in [4.78, 5) is 2.48. The summed E-state index contributed by atoms with van der Waals surface area (Å²) < 4.78 is 0. The molecule has 0 aromatic rings. The number of nitrogens with zero attached hydrogens (tertiary/aromatic N) is 2. The maximum absolute atomic E-state index is 8.75. The summed E-state index contributed by atoms with van der Waals surface area (Å²) in [7, 11) is 0. The molecule has 118 valence electrons. The molecule has 0 amide bonds. The van der Waals surface area contributed by atoms with E-state index in [9.17, 15) is 0 Å². The zero-order valence-corrected chi connectivity index (χ0v) is 13.2. The number of unbranched alkanes of at least 4 members (excludes halogenated alkanes) is 7. The zero-order chi connectivity index (χ0) is 14.6. The Morgan fingerprint density at radius 2 is 1.80 bits per heavy atom. The van der Waals surface area contributed by atoms with Crippen LogP contribution in [0.5, 0.6) is 0 Å². The molecule has 4 nitrogen and oxygen atoms in total. The van der Waals surface area contributed by atoms with Crippen LogP contribution in [0.15, 0.2) is 5.16 Å². The Kier molecular flexibility index (Phi) is 9.46. The molecular formula is C16H33N3O. The van der Waals surface area contributed by atoms with E-state index in [1.807, 2.05) is 0 Å². The molecule has 4 heteroatoms. The van der Waals surface area contributed by atoms with Gasteiger partial charge in [-0.25, -0.2) is 0 Å². The van der Waals surface area contributed by atoms with Gasteiger partial charge < -0.3 is 15.8 Å². The van der Waals surface area contributed by atoms with Crippen LogP contribution in [-0.2, 0) is 0 Å². The van der Waals surface area contributed by atoms with Crippen molar-refractivity contribution in [2.24, 2.45) is 16.8 Å². The predicted octanol–water partition coefficient (Wildman–Crippen LogP) is 3.59. The van der Waals surface area contributed by atoms with Gasteiger partial charge in [-0.1, -0.05) is 57.0 Å². The lowest BCUT2D eigenvalue weighted by atomic mass is 9.97. The molecule has 0 aromatic heterocycles. The highest BCUT2D eigenvalue weighted by Gasteiger charge is 2.22. The number of piperidine rings is 1. The van der Waals surface area contributed by atoms with Crippen LogP contribution >= 0.6 is 0 Å². The highest BCUT2D eigenvalue weighted by molar-refractivity contribution is 5.82. The van der Waals surface area contributed by atoms with Crippen LogP contribution in [-0.4, -0.2) is 35.6 Å². The summed E-state index contributed by atoms with van der Waals surface area (Å²) in [5, 5.41) is 11.9. The lowest BCUT2D eigenvalue weighted by Gasteiger charge is -2.31. The van der Waals surface area contributed by atoms with Gasteiger partial charge in [-0.2, -0.15) is 0 Å². The molecule has 3 N–H and O–H groups in total. The first kappa shape index (κ1) is 17.3. The lowest BCUT2D eigenvalue weighted by molar-refractivity contribution is 0.196. The molecule has 1 heterocycles. The average molecular weight is 283 g/mol. The second kappa shape index (κ2) is 11.0. The molecule has 0 radical (unpaired) electrons. The lowest BCUT2D eigenvalue weighted by Crippen LogP contribution is -2.41. The molecule has 1 fully saturated rings. The van der Waals surface area contributed by atoms with Crippen molar-refractivity contribution in [2.75, 3.05) is 19.6 Å². The first-order valence-electron chi connectivity index (χ1n) is 8.47. The van der Waals surface area contributed by atoms with Crippen molar-refractivity contribution in [1.82, 2.24) is 4.90 Å². The molecule has 1 rings (SSSR count). The molecule has 0 aliphatic carbocycles. The van der Waals surface area contributed by atoms with Gasteiger partial charge in [0.2, 0.25) is 0 Å². The van der Waals surface area contributed by atoms with E-state index in [2.05, 4.69) is 17.0 Å². The number of hydrogen-bond donors (Lipinski definition) is 2. The second-order valence-electron chi connectivity index (χ2n) is 6.14. The summed E-state index contributed by atoms with van der Waals surface area (Å²) in [6, 6.07) is 0. The standard InChI is InChI=1S/C16H33N3O/c1-2-3-4-5-6-7-8-9-12-19-13-10-11-15(14-19)16(17)18-20/h15,20H,2-14H2,1H3,(H2,17,18). The fraction of sp³-hybridized carbons (Fsp3) is 0.938. The third-order valence-corrected chi connectivity index (χ3v) is 4.37. The molecule has 20 heavy (non-hydrogen) atoms. The average Bonchev–Trinajstić information content (AvgIpc) is 2.49. The van der Waals surface area contributed by atoms with E-state index < -0.39 is 0 Å². The van der Waals surface area contributed by atoms with Gasteiger partial charge in [0.05, 0.1) is 0 Å². The van der Waals surface area contributed by atoms with E-state index in [0.29, 0.717) is 5.84 Å². The molecule has 0 aromatic carbocycles. The van der Waals surface area contributed by atoms with Gasteiger partial charge in [0.15, 0.2) is 0 Å². The van der Waals surface area contributed by atoms with E-state index in [-0.39, 0.29) is 5.92 Å². The molecule has 0 saturated carbocycles. The van der Waals surface area contributed by atoms with Crippen LogP contribution < -0.4 is 5.73 Å². The smallest absolute Gasteiger partial charge is 0.143 e. The van der Waals surface area contributed by atoms with Gasteiger partial charge in [0, 0.05) is 12.5 Å². The molecule has 0 bridgehead atoms. The highest BCUT2D eigenvalue weighted by Crippen LogP contribution is 2.17. The molecule has 1 aliphatic rings. The van der Waals surface area contributed by atoms with Crippen LogP contribution in [0.1, 0.15) is 71.1 Å². The van der Waals surface area contributed by atoms with Gasteiger partial charge in [-0.05, 0) is 32.4 Å². The highest BCUT2D eigenvalue weighted by atomic mass is 16.4. The van der Waals surface area contributed by atoms with Crippen LogP contribution in [0, 0.1) is 5.92 Å². The summed E-state index contributed by atoms with van der Waals surface area (Å²) >= 11 is 0. The second-order valence-corrected chi connectivity index (χ2v) is 6.14. The Hall–Kier alpha value is -0.770. The molecular weight excluding hydrogens is 250 g/mol. The monoisotopic (exact) mass is 283 g/mol. The van der Waals surface area contributed by atoms with Crippen molar-refractivity contribution in [1.29, 1.82) is 0 Å². The van der Waals surface area contributed by atoms with Crippen LogP contribution in [0.25, 0.3) is 0 Å². The van der Waals surface area contributed by atoms with E-state index >= 15 is 0 Å². The van der Waals surface area contributed by atoms with Gasteiger partial charge in [-0.15, -0.1) is 0 Å². The van der Waals surface area contributed by atoms with Gasteiger partial charge in [-0.3, -0.25) is 0 Å². The SMILES string of the molecule is CCCCCCCCCCN1CCCC(C(N)=NO)C1. The van der Waals surface area contributed by atoms with Crippen molar-refractivity contribution in [3.63, 3.8) is 0 Å². The third-order valence-electron chi connectivity index (χ3n) is 4.37. The number of amidine groups is 1. The fourth-order valence-corrected chi connectivity index (χ4v) is 3.05. The summed E-state index contributed by atoms with van der Waals surface area (Å²) in [6.07, 6.45) is 13.2. The van der Waals surface area contributed by atoms with Crippen LogP contribution in [0.2, 0.25) is 0 Å². The minimum atomic E-state index is 0.253. The Morgan fingerprint density at radius 3 is 2.45 bits per heavy atom. The minimum absolute atomic E-state index is 0.253. The van der Waals surface area contributed by atoms with Gasteiger partial charge in [0.25, 0.3) is 0 Å². The number of nitrogens with two attached hydrogens (primary N) is 1. The van der Waals surface area contributed by atoms with Gasteiger partial charge in [0.1, 0.15) is 5.84 Å². The Bertz CT molecular complexity index is 268. The maximum atomic E-state index is 8.75. The number of oxime groups is 1. The Morgan fingerprint density at radius 1 is 1.15 bits per heavy atom. The van der Waals surface area contributed by atoms with E-state index in [1.165, 1.54) is 64.5 Å². The molecule has 1 unspecified atom stereocenters. The van der Waals surface area contributed by atoms with Gasteiger partial charge >= 0.3 is 0 Å². The zero-order valence-electron chi connectivity index (χ0n) is 13.2. The minimum Gasteiger partial charge on any atom is -0.409 e. The van der Waals surface area contributed by atoms with Crippen molar-refractivity contribution in [3.8, 4) is 0 Å². The molecule has 1 aliphatic heterocycles. The first-order valence-corrected chi connectivity index (χ1v) is 8.47. The van der Waals surface area contributed by atoms with Crippen molar-refractivity contribution < 1.29 is 5.21 Å². The fourth-order valence-electron chi connectivity index (χ4n) is 3.05. The first-order chi connectivity index (χ1) is 9.77. The molecule has 0 spiro atoms. The normalized spacial score (nSPS) is 21.2. The van der Waals surface area contributed by atoms with E-state index in [4.69, 9.17) is 10.9 Å². The molecule has 1 atom stereocenters. The number of hydrogen-bond acceptors (Lipinski definition) is 3. The van der Waals surface area contributed by atoms with Crippen molar-refractivity contribution in [2.45, 2.75) is 71.1 Å². The topological polar surface area (TPSA) is 61.8 Å². The summed E-state index contributed by atoms with van der Waals surface area (Å²) in [5.74, 6) is 0.661. The Labute approximate surface area is 124 Å². The van der Waals surface area contributed by atoms with Crippen molar-refractivity contribution >= 4 is 5.84 Å². The predicted molar refractivity (Wildman–Crippen MR) is 85.2 cm³/mol. The van der Waals surface area contributed by atoms with Crippen LogP contribution in [0.3, 0.4) is 0 Å². The summed E-state index contributed by atoms with van der Waals surface area (Å²) in [5.41, 5.74) is 5.72. The number of rotatable bonds is 10. The van der Waals surface area contributed by atoms with E-state index in [0.717, 1.165) is 19.4 Å². The Balaban J connectivity index is 2.01. The molecule has 1 saturated heterocycles. The third kappa shape index (κ3) is 7.13. The quantitative estimate of drug-likeness (QED) is 0.212. The number of likely N-dealkylation sites (tertiary alicyclic amines) is 1. The van der Waals surface area contributed by atoms with Crippen molar-refractivity contribution in [3.05, 3.63) is 0 Å².